The third-order valence-electron chi connectivity index (χ3n) is 3.34. The van der Waals surface area contributed by atoms with Crippen molar-refractivity contribution in [3.8, 4) is 5.75 Å². The minimum atomic E-state index is -3.02. The molecule has 1 amide bonds. The van der Waals surface area contributed by atoms with E-state index in [-0.39, 0.29) is 11.4 Å². The molecule has 2 aromatic rings. The number of nitrogens with one attached hydrogen (secondary N) is 1. The maximum Gasteiger partial charge on any atom is 0.387 e. The Morgan fingerprint density at radius 3 is 2.35 bits per heavy atom. The molecule has 0 aliphatic rings. The van der Waals surface area contributed by atoms with E-state index >= 15 is 0 Å². The molecule has 0 aromatic heterocycles. The maximum atomic E-state index is 12.4. The fourth-order valence-corrected chi connectivity index (χ4v) is 2.42. The Kier molecular flexibility index (Phi) is 6.97. The normalized spacial score (nSPS) is 11.7. The van der Waals surface area contributed by atoms with Gasteiger partial charge >= 0.3 is 12.6 Å². The number of esters is 1. The van der Waals surface area contributed by atoms with E-state index in [1.165, 1.54) is 36.9 Å². The summed E-state index contributed by atoms with van der Waals surface area (Å²) < 4.78 is 34.3. The number of anilines is 1. The number of benzene rings is 2. The van der Waals surface area contributed by atoms with Gasteiger partial charge in [0.25, 0.3) is 5.91 Å². The molecule has 1 atom stereocenters. The lowest BCUT2D eigenvalue weighted by atomic mass is 10.2. The van der Waals surface area contributed by atoms with Crippen molar-refractivity contribution >= 4 is 29.3 Å². The van der Waals surface area contributed by atoms with Crippen LogP contribution in [0.25, 0.3) is 0 Å². The molecule has 138 valence electrons. The summed E-state index contributed by atoms with van der Waals surface area (Å²) in [6.07, 6.45) is 0.789. The van der Waals surface area contributed by atoms with Crippen molar-refractivity contribution < 1.29 is 27.8 Å². The molecule has 26 heavy (non-hydrogen) atoms. The zero-order valence-corrected chi connectivity index (χ0v) is 14.9. The van der Waals surface area contributed by atoms with Crippen molar-refractivity contribution in [1.82, 2.24) is 0 Å². The number of rotatable bonds is 7. The molecule has 2 rings (SSSR count). The Morgan fingerprint density at radius 2 is 1.73 bits per heavy atom. The quantitative estimate of drug-likeness (QED) is 0.575. The van der Waals surface area contributed by atoms with Gasteiger partial charge < -0.3 is 14.8 Å². The van der Waals surface area contributed by atoms with Gasteiger partial charge in [0.15, 0.2) is 6.10 Å². The van der Waals surface area contributed by atoms with Crippen LogP contribution in [0.15, 0.2) is 53.4 Å². The standard InChI is InChI=1S/C18H17F2NO4S/c1-11(24-17(23)12-7-9-13(26-2)10-8-12)16(22)21-14-5-3-4-6-15(14)25-18(19)20/h3-11,18H,1-2H3,(H,21,22)/t11-/m1/s1. The van der Waals surface area contributed by atoms with Crippen molar-refractivity contribution in [2.75, 3.05) is 11.6 Å². The summed E-state index contributed by atoms with van der Waals surface area (Å²) in [5.74, 6) is -1.50. The van der Waals surface area contributed by atoms with Crippen molar-refractivity contribution in [3.05, 3.63) is 54.1 Å². The smallest absolute Gasteiger partial charge is 0.387 e. The summed E-state index contributed by atoms with van der Waals surface area (Å²) in [5.41, 5.74) is 0.369. The lowest BCUT2D eigenvalue weighted by Gasteiger charge is -2.15. The van der Waals surface area contributed by atoms with Gasteiger partial charge in [-0.05, 0) is 49.6 Å². The Morgan fingerprint density at radius 1 is 1.08 bits per heavy atom. The minimum Gasteiger partial charge on any atom is -0.449 e. The lowest BCUT2D eigenvalue weighted by Crippen LogP contribution is -2.30. The van der Waals surface area contributed by atoms with E-state index in [9.17, 15) is 18.4 Å². The van der Waals surface area contributed by atoms with Gasteiger partial charge in [-0.2, -0.15) is 8.78 Å². The van der Waals surface area contributed by atoms with Gasteiger partial charge in [-0.1, -0.05) is 12.1 Å². The number of hydrogen-bond donors (Lipinski definition) is 1. The Bertz CT molecular complexity index is 768. The van der Waals surface area contributed by atoms with Gasteiger partial charge in [0.1, 0.15) is 5.75 Å². The van der Waals surface area contributed by atoms with Crippen LogP contribution in [0.5, 0.6) is 5.75 Å². The highest BCUT2D eigenvalue weighted by Crippen LogP contribution is 2.25. The van der Waals surface area contributed by atoms with E-state index < -0.39 is 24.6 Å². The van der Waals surface area contributed by atoms with Crippen molar-refractivity contribution in [3.63, 3.8) is 0 Å². The van der Waals surface area contributed by atoms with Gasteiger partial charge in [0.2, 0.25) is 0 Å². The average molecular weight is 381 g/mol. The van der Waals surface area contributed by atoms with Crippen molar-refractivity contribution in [2.45, 2.75) is 24.5 Å². The maximum absolute atomic E-state index is 12.4. The number of carbonyl (C=O) groups is 2. The monoisotopic (exact) mass is 381 g/mol. The SMILES string of the molecule is CSc1ccc(C(=O)O[C@H](C)C(=O)Nc2ccccc2OC(F)F)cc1. The fourth-order valence-electron chi connectivity index (χ4n) is 2.01. The molecule has 0 unspecified atom stereocenters. The number of halogens is 2. The van der Waals surface area contributed by atoms with Crippen molar-refractivity contribution in [2.24, 2.45) is 0 Å². The van der Waals surface area contributed by atoms with Gasteiger partial charge in [-0.15, -0.1) is 11.8 Å². The van der Waals surface area contributed by atoms with Crippen molar-refractivity contribution in [1.29, 1.82) is 0 Å². The Labute approximate surface area is 153 Å². The van der Waals surface area contributed by atoms with Crippen LogP contribution in [-0.2, 0) is 9.53 Å². The first-order valence-corrected chi connectivity index (χ1v) is 8.83. The van der Waals surface area contributed by atoms with Gasteiger partial charge in [0.05, 0.1) is 11.3 Å². The average Bonchev–Trinajstić information content (AvgIpc) is 2.62. The highest BCUT2D eigenvalue weighted by atomic mass is 32.2. The molecule has 0 saturated carbocycles. The third-order valence-corrected chi connectivity index (χ3v) is 4.08. The first kappa shape index (κ1) is 19.7. The lowest BCUT2D eigenvalue weighted by molar-refractivity contribution is -0.123. The first-order chi connectivity index (χ1) is 12.4. The summed E-state index contributed by atoms with van der Waals surface area (Å²) in [4.78, 5) is 25.3. The summed E-state index contributed by atoms with van der Waals surface area (Å²) in [5, 5.41) is 2.41. The van der Waals surface area contributed by atoms with Gasteiger partial charge in [-0.3, -0.25) is 4.79 Å². The predicted octanol–water partition coefficient (Wildman–Crippen LogP) is 4.19. The van der Waals surface area contributed by atoms with Gasteiger partial charge in [-0.25, -0.2) is 4.79 Å². The molecule has 1 N–H and O–H groups in total. The number of thioether (sulfide) groups is 1. The zero-order valence-electron chi connectivity index (χ0n) is 14.1. The largest absolute Gasteiger partial charge is 0.449 e. The summed E-state index contributed by atoms with van der Waals surface area (Å²) in [6.45, 7) is -1.63. The first-order valence-electron chi connectivity index (χ1n) is 7.60. The zero-order chi connectivity index (χ0) is 19.1. The van der Waals surface area contributed by atoms with E-state index in [4.69, 9.17) is 4.74 Å². The Hall–Kier alpha value is -2.61. The molecule has 0 spiro atoms. The van der Waals surface area contributed by atoms with Crippen LogP contribution >= 0.6 is 11.8 Å². The topological polar surface area (TPSA) is 64.6 Å². The molecule has 0 aliphatic carbocycles. The molecule has 8 heteroatoms. The van der Waals surface area contributed by atoms with E-state index in [1.807, 2.05) is 6.26 Å². The van der Waals surface area contributed by atoms with Crippen LogP contribution in [-0.4, -0.2) is 30.8 Å². The van der Waals surface area contributed by atoms with Crippen LogP contribution in [0.3, 0.4) is 0 Å². The molecule has 0 aliphatic heterocycles. The van der Waals surface area contributed by atoms with E-state index in [2.05, 4.69) is 10.1 Å². The molecule has 0 saturated heterocycles. The number of amides is 1. The molecule has 5 nitrogen and oxygen atoms in total. The predicted molar refractivity (Wildman–Crippen MR) is 94.8 cm³/mol. The van der Waals surface area contributed by atoms with E-state index in [0.29, 0.717) is 5.56 Å². The van der Waals surface area contributed by atoms with Crippen LogP contribution in [0.4, 0.5) is 14.5 Å². The number of para-hydroxylation sites is 2. The summed E-state index contributed by atoms with van der Waals surface area (Å²) in [6, 6.07) is 12.5. The van der Waals surface area contributed by atoms with Crippen LogP contribution < -0.4 is 10.1 Å². The fraction of sp³-hybridized carbons (Fsp3) is 0.222. The number of hydrogen-bond acceptors (Lipinski definition) is 5. The van der Waals surface area contributed by atoms with E-state index in [0.717, 1.165) is 4.90 Å². The highest BCUT2D eigenvalue weighted by molar-refractivity contribution is 7.98. The van der Waals surface area contributed by atoms with Crippen LogP contribution in [0, 0.1) is 0 Å². The molecule has 0 heterocycles. The molecule has 0 radical (unpaired) electrons. The Balaban J connectivity index is 2.00. The van der Waals surface area contributed by atoms with Gasteiger partial charge in [0, 0.05) is 4.90 Å². The van der Waals surface area contributed by atoms with Crippen LogP contribution in [0.1, 0.15) is 17.3 Å². The second-order valence-electron chi connectivity index (χ2n) is 5.14. The van der Waals surface area contributed by atoms with Crippen LogP contribution in [0.2, 0.25) is 0 Å². The molecule has 2 aromatic carbocycles. The van der Waals surface area contributed by atoms with E-state index in [1.54, 1.807) is 30.3 Å². The number of ether oxygens (including phenoxy) is 2. The molecule has 0 fully saturated rings. The molecular formula is C18H17F2NO4S. The molecular weight excluding hydrogens is 364 g/mol. The molecule has 0 bridgehead atoms. The number of alkyl halides is 2. The summed E-state index contributed by atoms with van der Waals surface area (Å²) in [7, 11) is 0. The second-order valence-corrected chi connectivity index (χ2v) is 6.02. The summed E-state index contributed by atoms with van der Waals surface area (Å²) >= 11 is 1.53. The minimum absolute atomic E-state index is 0.0602. The second kappa shape index (κ2) is 9.19. The third kappa shape index (κ3) is 5.45. The highest BCUT2D eigenvalue weighted by Gasteiger charge is 2.20. The number of carbonyl (C=O) groups excluding carboxylic acids is 2.